The SMILES string of the molecule is CN(CCCC(=O)O)C(=O)c1ccccc1C1=c2cc3c(cc2C(C)(C)c2c1cc1c4c2CCCN4CCC1)=[N+](Cc1ccc(S(=O)(=O)O)cc1S(=O)(=O)O)C(C)(C)CC3. The van der Waals surface area contributed by atoms with Gasteiger partial charge in [0.25, 0.3) is 26.1 Å². The van der Waals surface area contributed by atoms with Gasteiger partial charge in [-0.05, 0) is 133 Å². The molecule has 3 N–H and O–H groups in total. The fraction of sp³-hybridized carbons (Fsp3) is 0.413. The van der Waals surface area contributed by atoms with Crippen LogP contribution in [0.3, 0.4) is 0 Å². The predicted molar refractivity (Wildman–Crippen MR) is 228 cm³/mol. The molecule has 0 fully saturated rings. The molecule has 3 heterocycles. The van der Waals surface area contributed by atoms with Crippen LogP contribution in [0.2, 0.25) is 0 Å². The number of amides is 1. The molecular weight excluding hydrogens is 803 g/mol. The van der Waals surface area contributed by atoms with Crippen molar-refractivity contribution in [3.63, 3.8) is 0 Å². The molecular formula is C46H52N3O9S2+. The number of aryl methyl sites for hydroxylation is 2. The van der Waals surface area contributed by atoms with Gasteiger partial charge in [-0.15, -0.1) is 0 Å². The lowest BCUT2D eigenvalue weighted by atomic mass is 9.64. The third kappa shape index (κ3) is 7.24. The van der Waals surface area contributed by atoms with Crippen LogP contribution in [-0.4, -0.2) is 80.0 Å². The Morgan fingerprint density at radius 2 is 1.57 bits per heavy atom. The molecule has 4 aliphatic rings. The molecule has 4 aromatic carbocycles. The molecule has 1 aliphatic carbocycles. The summed E-state index contributed by atoms with van der Waals surface area (Å²) in [4.78, 5) is 28.6. The topological polar surface area (TPSA) is 173 Å². The van der Waals surface area contributed by atoms with E-state index in [4.69, 9.17) is 0 Å². The molecule has 0 aromatic heterocycles. The number of carboxylic acid groups (broad SMARTS) is 1. The van der Waals surface area contributed by atoms with E-state index in [1.807, 2.05) is 24.3 Å². The van der Waals surface area contributed by atoms with Crippen LogP contribution in [-0.2, 0) is 56.3 Å². The fourth-order valence-electron chi connectivity index (χ4n) is 10.2. The highest BCUT2D eigenvalue weighted by Gasteiger charge is 2.43. The van der Waals surface area contributed by atoms with E-state index in [1.165, 1.54) is 28.4 Å². The molecule has 12 nitrogen and oxygen atoms in total. The van der Waals surface area contributed by atoms with Crippen molar-refractivity contribution < 1.29 is 40.6 Å². The maximum absolute atomic E-state index is 14.4. The van der Waals surface area contributed by atoms with E-state index in [2.05, 4.69) is 55.4 Å². The van der Waals surface area contributed by atoms with Crippen molar-refractivity contribution in [3.8, 4) is 0 Å². The molecule has 0 saturated carbocycles. The van der Waals surface area contributed by atoms with Gasteiger partial charge in [0.15, 0.2) is 12.1 Å². The summed E-state index contributed by atoms with van der Waals surface area (Å²) < 4.78 is 71.7. The van der Waals surface area contributed by atoms with Gasteiger partial charge >= 0.3 is 5.97 Å². The Kier molecular flexibility index (Phi) is 10.4. The van der Waals surface area contributed by atoms with Gasteiger partial charge in [0.1, 0.15) is 4.90 Å². The van der Waals surface area contributed by atoms with Crippen molar-refractivity contribution in [2.24, 2.45) is 0 Å². The Labute approximate surface area is 351 Å². The van der Waals surface area contributed by atoms with Gasteiger partial charge in [0, 0.05) is 73.4 Å². The van der Waals surface area contributed by atoms with E-state index in [1.54, 1.807) is 11.9 Å². The van der Waals surface area contributed by atoms with Crippen LogP contribution >= 0.6 is 0 Å². The highest BCUT2D eigenvalue weighted by Crippen LogP contribution is 2.49. The average molecular weight is 855 g/mol. The third-order valence-electron chi connectivity index (χ3n) is 13.2. The molecule has 0 radical (unpaired) electrons. The quantitative estimate of drug-likeness (QED) is 0.144. The number of anilines is 1. The minimum atomic E-state index is -4.89. The summed E-state index contributed by atoms with van der Waals surface area (Å²) >= 11 is 0. The largest absolute Gasteiger partial charge is 0.481 e. The summed E-state index contributed by atoms with van der Waals surface area (Å²) in [6, 6.07) is 17.8. The lowest BCUT2D eigenvalue weighted by Gasteiger charge is -2.44. The Hall–Kier alpha value is -4.89. The maximum atomic E-state index is 14.4. The number of carboxylic acids is 1. The van der Waals surface area contributed by atoms with Gasteiger partial charge in [0.2, 0.25) is 5.36 Å². The van der Waals surface area contributed by atoms with Gasteiger partial charge in [-0.2, -0.15) is 16.8 Å². The number of benzene rings is 4. The molecule has 3 aliphatic heterocycles. The molecule has 0 atom stereocenters. The van der Waals surface area contributed by atoms with Crippen LogP contribution in [0, 0.1) is 0 Å². The van der Waals surface area contributed by atoms with E-state index in [0.717, 1.165) is 89.3 Å². The van der Waals surface area contributed by atoms with Crippen LogP contribution in [0.5, 0.6) is 0 Å². The summed E-state index contributed by atoms with van der Waals surface area (Å²) in [7, 11) is -7.94. The molecule has 0 saturated heterocycles. The van der Waals surface area contributed by atoms with Crippen molar-refractivity contribution >= 4 is 43.4 Å². The number of rotatable bonds is 10. The van der Waals surface area contributed by atoms with Gasteiger partial charge < -0.3 is 14.9 Å². The van der Waals surface area contributed by atoms with E-state index in [9.17, 15) is 40.6 Å². The number of hydrogen-bond acceptors (Lipinski definition) is 7. The molecule has 1 amide bonds. The second-order valence-electron chi connectivity index (χ2n) is 17.9. The number of aliphatic carboxylic acids is 1. The van der Waals surface area contributed by atoms with Crippen molar-refractivity contribution in [1.29, 1.82) is 0 Å². The second-order valence-corrected chi connectivity index (χ2v) is 20.7. The Bertz CT molecular complexity index is 2860. The van der Waals surface area contributed by atoms with Crippen molar-refractivity contribution in [2.75, 3.05) is 31.6 Å². The van der Waals surface area contributed by atoms with Crippen molar-refractivity contribution in [1.82, 2.24) is 9.48 Å². The molecule has 4 aromatic rings. The zero-order valence-corrected chi connectivity index (χ0v) is 36.3. The molecule has 316 valence electrons. The average Bonchev–Trinajstić information content (AvgIpc) is 3.17. The predicted octanol–water partition coefficient (Wildman–Crippen LogP) is 5.12. The first-order chi connectivity index (χ1) is 28.2. The Morgan fingerprint density at radius 3 is 2.27 bits per heavy atom. The summed E-state index contributed by atoms with van der Waals surface area (Å²) in [5.74, 6) is -1.10. The highest BCUT2D eigenvalue weighted by atomic mass is 32.2. The minimum Gasteiger partial charge on any atom is -0.481 e. The van der Waals surface area contributed by atoms with Crippen LogP contribution in [0.25, 0.3) is 5.57 Å². The Morgan fingerprint density at radius 1 is 0.850 bits per heavy atom. The maximum Gasteiger partial charge on any atom is 0.303 e. The summed E-state index contributed by atoms with van der Waals surface area (Å²) in [6.07, 6.45) is 5.66. The number of carbonyl (C=O) groups excluding carboxylic acids is 1. The van der Waals surface area contributed by atoms with Crippen molar-refractivity contribution in [2.45, 2.75) is 106 Å². The summed E-state index contributed by atoms with van der Waals surface area (Å²) in [5.41, 5.74) is 9.84. The molecule has 60 heavy (non-hydrogen) atoms. The molecule has 14 heteroatoms. The summed E-state index contributed by atoms with van der Waals surface area (Å²) in [5, 5.41) is 11.2. The van der Waals surface area contributed by atoms with E-state index < -0.39 is 47.0 Å². The lowest BCUT2D eigenvalue weighted by molar-refractivity contribution is -0.137. The Balaban J connectivity index is 1.43. The second kappa shape index (κ2) is 14.9. The van der Waals surface area contributed by atoms with Gasteiger partial charge in [0.05, 0.1) is 4.90 Å². The van der Waals surface area contributed by atoms with Gasteiger partial charge in [-0.3, -0.25) is 18.7 Å². The summed E-state index contributed by atoms with van der Waals surface area (Å²) in [6.45, 7) is 11.0. The molecule has 0 spiro atoms. The number of fused-ring (bicyclic) bond motifs is 4. The first kappa shape index (κ1) is 41.8. The monoisotopic (exact) mass is 854 g/mol. The van der Waals surface area contributed by atoms with E-state index in [-0.39, 0.29) is 24.4 Å². The van der Waals surface area contributed by atoms with E-state index >= 15 is 0 Å². The normalized spacial score (nSPS) is 17.6. The van der Waals surface area contributed by atoms with Gasteiger partial charge in [-0.25, -0.2) is 4.58 Å². The molecule has 0 bridgehead atoms. The fourth-order valence-corrected chi connectivity index (χ4v) is 11.6. The van der Waals surface area contributed by atoms with E-state index in [0.29, 0.717) is 31.4 Å². The number of carbonyl (C=O) groups is 2. The van der Waals surface area contributed by atoms with Crippen molar-refractivity contribution in [3.05, 3.63) is 121 Å². The van der Waals surface area contributed by atoms with Crippen LogP contribution in [0.15, 0.2) is 70.5 Å². The zero-order chi connectivity index (χ0) is 43.1. The minimum absolute atomic E-state index is 0.0204. The smallest absolute Gasteiger partial charge is 0.303 e. The number of nitrogens with zero attached hydrogens (tertiary/aromatic N) is 3. The first-order valence-corrected chi connectivity index (χ1v) is 23.5. The lowest BCUT2D eigenvalue weighted by Crippen LogP contribution is -2.52. The third-order valence-corrected chi connectivity index (χ3v) is 15.0. The standard InChI is InChI=1S/C46H51N3O9S2/c1-45(2)19-18-28-23-35-37(26-38(28)49(45)27-30-16-17-31(59(53,54)55)25-39(30)60(56,57)58)46(3,4)42-34-14-9-22-48-21-8-11-29(43(34)48)24-36(42)41(35)32-12-6-7-13-33(32)44(52)47(5)20-10-15-40(50)51/h6-7,12-13,16-17,23-26H,8-11,14-15,18-22,27H2,1-5H3,(H2-,50,51,53,54,55,56,57,58)/p+1. The highest BCUT2D eigenvalue weighted by molar-refractivity contribution is 7.86. The van der Waals surface area contributed by atoms with Crippen LogP contribution in [0.4, 0.5) is 5.69 Å². The molecule has 8 rings (SSSR count). The van der Waals surface area contributed by atoms with Gasteiger partial charge in [-0.1, -0.05) is 32.0 Å². The first-order valence-electron chi connectivity index (χ1n) is 20.6. The zero-order valence-electron chi connectivity index (χ0n) is 34.7. The molecule has 0 unspecified atom stereocenters. The van der Waals surface area contributed by atoms with Crippen LogP contribution < -0.4 is 20.1 Å². The number of hydrogen-bond donors (Lipinski definition) is 3. The van der Waals surface area contributed by atoms with Crippen LogP contribution in [0.1, 0.15) is 115 Å².